The number of methoxy groups -OCH3 is 1. The van der Waals surface area contributed by atoms with Crippen LogP contribution in [0.1, 0.15) is 22.1 Å². The van der Waals surface area contributed by atoms with Crippen molar-refractivity contribution in [2.24, 2.45) is 0 Å². The first kappa shape index (κ1) is 12.9. The van der Waals surface area contributed by atoms with Crippen molar-refractivity contribution in [2.75, 3.05) is 7.11 Å². The minimum atomic E-state index is -1.10. The third-order valence-corrected chi connectivity index (χ3v) is 2.34. The number of carboxylic acids is 1. The van der Waals surface area contributed by atoms with Crippen molar-refractivity contribution in [2.45, 2.75) is 13.5 Å². The lowest BCUT2D eigenvalue weighted by Crippen LogP contribution is -2.06. The Hall–Kier alpha value is -2.57. The zero-order valence-corrected chi connectivity index (χ0v) is 10.4. The molecule has 0 spiro atoms. The van der Waals surface area contributed by atoms with E-state index in [1.54, 1.807) is 19.1 Å². The largest absolute Gasteiger partial charge is 0.493 e. The molecule has 2 rings (SSSR count). The highest BCUT2D eigenvalue weighted by Gasteiger charge is 2.17. The molecule has 0 radical (unpaired) electrons. The first-order valence-corrected chi connectivity index (χ1v) is 5.44. The molecule has 1 heterocycles. The molecule has 0 aliphatic rings. The average molecular weight is 264 g/mol. The van der Waals surface area contributed by atoms with Crippen molar-refractivity contribution in [3.63, 3.8) is 0 Å². The van der Waals surface area contributed by atoms with E-state index in [-0.39, 0.29) is 17.9 Å². The highest BCUT2D eigenvalue weighted by Crippen LogP contribution is 2.31. The number of nitrogens with zero attached hydrogens (tertiary/aromatic N) is 2. The number of aryl methyl sites for hydroxylation is 1. The van der Waals surface area contributed by atoms with Crippen LogP contribution in [0.4, 0.5) is 0 Å². The Morgan fingerprint density at radius 3 is 2.84 bits per heavy atom. The summed E-state index contributed by atoms with van der Waals surface area (Å²) in [4.78, 5) is 15.1. The van der Waals surface area contributed by atoms with Gasteiger partial charge in [0.05, 0.1) is 7.11 Å². The zero-order chi connectivity index (χ0) is 13.8. The lowest BCUT2D eigenvalue weighted by molar-refractivity contribution is 0.0690. The molecule has 19 heavy (non-hydrogen) atoms. The van der Waals surface area contributed by atoms with E-state index in [1.165, 1.54) is 13.2 Å². The number of benzene rings is 1. The van der Waals surface area contributed by atoms with E-state index in [2.05, 4.69) is 10.1 Å². The van der Waals surface area contributed by atoms with Crippen LogP contribution in [0.3, 0.4) is 0 Å². The Balaban J connectivity index is 2.25. The highest BCUT2D eigenvalue weighted by atomic mass is 16.5. The summed E-state index contributed by atoms with van der Waals surface area (Å²) in [5.74, 6) is 0.120. The van der Waals surface area contributed by atoms with Crippen molar-refractivity contribution in [3.05, 3.63) is 35.5 Å². The van der Waals surface area contributed by atoms with Gasteiger partial charge in [0.1, 0.15) is 5.56 Å². The molecule has 0 amide bonds. The summed E-state index contributed by atoms with van der Waals surface area (Å²) in [6.07, 6.45) is 0. The summed E-state index contributed by atoms with van der Waals surface area (Å²) in [7, 11) is 1.44. The van der Waals surface area contributed by atoms with Crippen molar-refractivity contribution in [1.82, 2.24) is 10.1 Å². The average Bonchev–Trinajstić information content (AvgIpc) is 2.81. The van der Waals surface area contributed by atoms with Crippen LogP contribution in [0.25, 0.3) is 0 Å². The van der Waals surface area contributed by atoms with Gasteiger partial charge >= 0.3 is 5.97 Å². The fourth-order valence-electron chi connectivity index (χ4n) is 1.53. The van der Waals surface area contributed by atoms with Crippen molar-refractivity contribution >= 4 is 5.97 Å². The Morgan fingerprint density at radius 1 is 1.47 bits per heavy atom. The van der Waals surface area contributed by atoms with E-state index < -0.39 is 5.97 Å². The van der Waals surface area contributed by atoms with Gasteiger partial charge in [-0.2, -0.15) is 4.98 Å². The maximum absolute atomic E-state index is 11.1. The van der Waals surface area contributed by atoms with E-state index >= 15 is 0 Å². The number of ether oxygens (including phenoxy) is 2. The van der Waals surface area contributed by atoms with E-state index in [4.69, 9.17) is 19.1 Å². The van der Waals surface area contributed by atoms with E-state index in [1.807, 2.05) is 0 Å². The second-order valence-corrected chi connectivity index (χ2v) is 3.66. The maximum Gasteiger partial charge on any atom is 0.339 e. The van der Waals surface area contributed by atoms with Crippen molar-refractivity contribution in [3.8, 4) is 11.5 Å². The Morgan fingerprint density at radius 2 is 2.26 bits per heavy atom. The molecule has 2 aromatic rings. The van der Waals surface area contributed by atoms with Gasteiger partial charge in [-0.25, -0.2) is 4.79 Å². The van der Waals surface area contributed by atoms with Gasteiger partial charge in [0.15, 0.2) is 18.1 Å². The predicted molar refractivity (Wildman–Crippen MR) is 63.3 cm³/mol. The number of aromatic nitrogens is 2. The molecule has 0 atom stereocenters. The molecule has 7 nitrogen and oxygen atoms in total. The summed E-state index contributed by atoms with van der Waals surface area (Å²) < 4.78 is 15.3. The van der Waals surface area contributed by atoms with Crippen LogP contribution in [0.2, 0.25) is 0 Å². The van der Waals surface area contributed by atoms with Crippen LogP contribution in [0.5, 0.6) is 11.5 Å². The Kier molecular flexibility index (Phi) is 3.65. The van der Waals surface area contributed by atoms with E-state index in [0.717, 1.165) is 0 Å². The smallest absolute Gasteiger partial charge is 0.339 e. The lowest BCUT2D eigenvalue weighted by Gasteiger charge is -2.11. The SMILES string of the molecule is COc1cccc(C(=O)O)c1OCc1noc(C)n1. The molecule has 1 aromatic carbocycles. The third-order valence-electron chi connectivity index (χ3n) is 2.34. The van der Waals surface area contributed by atoms with Crippen LogP contribution in [0, 0.1) is 6.92 Å². The molecule has 0 saturated carbocycles. The molecule has 0 aliphatic carbocycles. The van der Waals surface area contributed by atoms with Crippen LogP contribution in [-0.4, -0.2) is 28.3 Å². The number of hydrogen-bond acceptors (Lipinski definition) is 6. The first-order chi connectivity index (χ1) is 9.11. The van der Waals surface area contributed by atoms with Crippen LogP contribution in [-0.2, 0) is 6.61 Å². The second-order valence-electron chi connectivity index (χ2n) is 3.66. The molecule has 0 saturated heterocycles. The summed E-state index contributed by atoms with van der Waals surface area (Å²) in [5, 5.41) is 12.8. The molecule has 0 bridgehead atoms. The Labute approximate surface area is 108 Å². The minimum absolute atomic E-state index is 0.00199. The van der Waals surface area contributed by atoms with Crippen molar-refractivity contribution in [1.29, 1.82) is 0 Å². The number of para-hydroxylation sites is 1. The monoisotopic (exact) mass is 264 g/mol. The van der Waals surface area contributed by atoms with Gasteiger partial charge in [-0.15, -0.1) is 0 Å². The van der Waals surface area contributed by atoms with Gasteiger partial charge in [0.25, 0.3) is 0 Å². The number of carboxylic acid groups (broad SMARTS) is 1. The van der Waals surface area contributed by atoms with Gasteiger partial charge in [0.2, 0.25) is 11.7 Å². The first-order valence-electron chi connectivity index (χ1n) is 5.44. The molecular formula is C12H12N2O5. The number of carbonyl (C=O) groups is 1. The van der Waals surface area contributed by atoms with Crippen molar-refractivity contribution < 1.29 is 23.9 Å². The minimum Gasteiger partial charge on any atom is -0.493 e. The highest BCUT2D eigenvalue weighted by molar-refractivity contribution is 5.92. The Bertz CT molecular complexity index is 594. The maximum atomic E-state index is 11.1. The molecule has 1 aromatic heterocycles. The summed E-state index contributed by atoms with van der Waals surface area (Å²) in [6.45, 7) is 1.65. The number of hydrogen-bond donors (Lipinski definition) is 1. The van der Waals surface area contributed by atoms with E-state index in [9.17, 15) is 4.79 Å². The zero-order valence-electron chi connectivity index (χ0n) is 10.4. The topological polar surface area (TPSA) is 94.7 Å². The fourth-order valence-corrected chi connectivity index (χ4v) is 1.53. The molecular weight excluding hydrogens is 252 g/mol. The fraction of sp³-hybridized carbons (Fsp3) is 0.250. The van der Waals surface area contributed by atoms with Crippen LogP contribution >= 0.6 is 0 Å². The third kappa shape index (κ3) is 2.82. The van der Waals surface area contributed by atoms with Gasteiger partial charge in [-0.3, -0.25) is 0 Å². The standard InChI is InChI=1S/C12H12N2O5/c1-7-13-10(14-19-7)6-18-11-8(12(15)16)4-3-5-9(11)17-2/h3-5H,6H2,1-2H3,(H,15,16). The summed E-state index contributed by atoms with van der Waals surface area (Å²) >= 11 is 0. The van der Waals surface area contributed by atoms with E-state index in [0.29, 0.717) is 17.5 Å². The van der Waals surface area contributed by atoms with Gasteiger partial charge < -0.3 is 19.1 Å². The normalized spacial score (nSPS) is 10.2. The molecule has 0 aliphatic heterocycles. The second kappa shape index (κ2) is 5.38. The van der Waals surface area contributed by atoms with Gasteiger partial charge in [0, 0.05) is 6.92 Å². The number of rotatable bonds is 5. The lowest BCUT2D eigenvalue weighted by atomic mass is 10.2. The predicted octanol–water partition coefficient (Wildman–Crippen LogP) is 1.66. The molecule has 100 valence electrons. The summed E-state index contributed by atoms with van der Waals surface area (Å²) in [6, 6.07) is 4.62. The molecule has 1 N–H and O–H groups in total. The molecule has 7 heteroatoms. The quantitative estimate of drug-likeness (QED) is 0.877. The summed E-state index contributed by atoms with van der Waals surface area (Å²) in [5.41, 5.74) is 0.0135. The number of aromatic carboxylic acids is 1. The van der Waals surface area contributed by atoms with Gasteiger partial charge in [-0.1, -0.05) is 11.2 Å². The molecule has 0 unspecified atom stereocenters. The molecule has 0 fully saturated rings. The van der Waals surface area contributed by atoms with Gasteiger partial charge in [-0.05, 0) is 12.1 Å². The van der Waals surface area contributed by atoms with Crippen LogP contribution < -0.4 is 9.47 Å². The van der Waals surface area contributed by atoms with Crippen LogP contribution in [0.15, 0.2) is 22.7 Å².